The number of nitrogens with zero attached hydrogens (tertiary/aromatic N) is 2. The van der Waals surface area contributed by atoms with E-state index in [2.05, 4.69) is 0 Å². The Morgan fingerprint density at radius 3 is 2.50 bits per heavy atom. The van der Waals surface area contributed by atoms with Crippen LogP contribution >= 0.6 is 11.3 Å². The maximum absolute atomic E-state index is 12.3. The Morgan fingerprint density at radius 2 is 1.77 bits per heavy atom. The van der Waals surface area contributed by atoms with Crippen molar-refractivity contribution in [1.29, 1.82) is 10.5 Å². The van der Waals surface area contributed by atoms with Crippen molar-refractivity contribution in [2.75, 3.05) is 0 Å². The number of allylic oxidation sites excluding steroid dienone is 1. The molecule has 0 N–H and O–H groups in total. The molecule has 26 heavy (non-hydrogen) atoms. The molecule has 3 aromatic rings. The molecule has 0 bridgehead atoms. The molecule has 3 rings (SSSR count). The van der Waals surface area contributed by atoms with Crippen LogP contribution < -0.4 is 4.74 Å². The first-order chi connectivity index (χ1) is 12.7. The lowest BCUT2D eigenvalue weighted by molar-refractivity contribution is 0.104. The molecule has 0 saturated heterocycles. The molecular weight excluding hydrogens is 344 g/mol. The number of benzene rings is 2. The van der Waals surface area contributed by atoms with Crippen LogP contribution in [0.1, 0.15) is 26.4 Å². The molecule has 0 saturated carbocycles. The summed E-state index contributed by atoms with van der Waals surface area (Å²) in [5, 5.41) is 20.0. The fourth-order valence-corrected chi connectivity index (χ4v) is 2.88. The predicted molar refractivity (Wildman–Crippen MR) is 100 cm³/mol. The molecule has 0 atom stereocenters. The van der Waals surface area contributed by atoms with E-state index in [1.807, 2.05) is 29.7 Å². The average Bonchev–Trinajstić information content (AvgIpc) is 3.20. The van der Waals surface area contributed by atoms with Gasteiger partial charge >= 0.3 is 0 Å². The number of ketones is 1. The maximum atomic E-state index is 12.3. The lowest BCUT2D eigenvalue weighted by Crippen LogP contribution is -1.95. The van der Waals surface area contributed by atoms with E-state index in [0.29, 0.717) is 22.6 Å². The van der Waals surface area contributed by atoms with Gasteiger partial charge in [0, 0.05) is 10.4 Å². The van der Waals surface area contributed by atoms with Crippen molar-refractivity contribution in [1.82, 2.24) is 0 Å². The van der Waals surface area contributed by atoms with E-state index in [9.17, 15) is 4.79 Å². The van der Waals surface area contributed by atoms with Crippen molar-refractivity contribution in [3.05, 3.63) is 87.6 Å². The van der Waals surface area contributed by atoms with Crippen LogP contribution in [0, 0.1) is 22.7 Å². The number of nitriles is 2. The number of hydrogen-bond donors (Lipinski definition) is 0. The summed E-state index contributed by atoms with van der Waals surface area (Å²) in [6, 6.07) is 19.3. The minimum Gasteiger partial charge on any atom is -0.457 e. The highest BCUT2D eigenvalue weighted by Gasteiger charge is 2.07. The largest absolute Gasteiger partial charge is 0.457 e. The molecule has 5 heteroatoms. The van der Waals surface area contributed by atoms with E-state index < -0.39 is 0 Å². The molecule has 1 aromatic heterocycles. The summed E-state index contributed by atoms with van der Waals surface area (Å²) >= 11 is 1.56. The molecule has 2 aromatic carbocycles. The first kappa shape index (κ1) is 17.2. The van der Waals surface area contributed by atoms with Gasteiger partial charge in [-0.25, -0.2) is 0 Å². The lowest BCUT2D eigenvalue weighted by Gasteiger charge is -2.07. The minimum atomic E-state index is -0.124. The molecule has 0 radical (unpaired) electrons. The standard InChI is InChI=1S/C21H12N2O2S/c22-13-16-6-7-19(12-17(16)14-23)25-18-4-1-3-15(11-18)21(24)9-8-20-5-2-10-26-20/h1-12H/b9-8+. The van der Waals surface area contributed by atoms with Gasteiger partial charge in [-0.3, -0.25) is 4.79 Å². The summed E-state index contributed by atoms with van der Waals surface area (Å²) in [6.07, 6.45) is 3.31. The summed E-state index contributed by atoms with van der Waals surface area (Å²) in [7, 11) is 0. The Kier molecular flexibility index (Phi) is 5.24. The third-order valence-electron chi connectivity index (χ3n) is 3.53. The normalized spacial score (nSPS) is 10.2. The number of hydrogen-bond acceptors (Lipinski definition) is 5. The highest BCUT2D eigenvalue weighted by Crippen LogP contribution is 2.25. The quantitative estimate of drug-likeness (QED) is 0.466. The molecule has 0 aliphatic carbocycles. The van der Waals surface area contributed by atoms with Crippen molar-refractivity contribution >= 4 is 23.2 Å². The van der Waals surface area contributed by atoms with Crippen LogP contribution in [0.4, 0.5) is 0 Å². The minimum absolute atomic E-state index is 0.124. The fraction of sp³-hybridized carbons (Fsp3) is 0. The summed E-state index contributed by atoms with van der Waals surface area (Å²) in [5.74, 6) is 0.787. The van der Waals surface area contributed by atoms with Gasteiger partial charge in [-0.2, -0.15) is 10.5 Å². The number of carbonyl (C=O) groups is 1. The Balaban J connectivity index is 1.78. The third-order valence-corrected chi connectivity index (χ3v) is 4.37. The summed E-state index contributed by atoms with van der Waals surface area (Å²) in [4.78, 5) is 13.3. The Morgan fingerprint density at radius 1 is 0.962 bits per heavy atom. The molecule has 124 valence electrons. The molecule has 0 aliphatic rings. The van der Waals surface area contributed by atoms with Gasteiger partial charge in [-0.1, -0.05) is 18.2 Å². The predicted octanol–water partition coefficient (Wildman–Crippen LogP) is 5.18. The van der Waals surface area contributed by atoms with Crippen LogP contribution in [0.2, 0.25) is 0 Å². The number of ether oxygens (including phenoxy) is 1. The zero-order valence-electron chi connectivity index (χ0n) is 13.5. The highest BCUT2D eigenvalue weighted by atomic mass is 32.1. The van der Waals surface area contributed by atoms with E-state index >= 15 is 0 Å². The van der Waals surface area contributed by atoms with Gasteiger partial charge in [0.15, 0.2) is 5.78 Å². The van der Waals surface area contributed by atoms with Crippen molar-refractivity contribution in [3.8, 4) is 23.6 Å². The molecule has 0 aliphatic heterocycles. The zero-order valence-corrected chi connectivity index (χ0v) is 14.4. The van der Waals surface area contributed by atoms with Crippen LogP contribution in [0.5, 0.6) is 11.5 Å². The monoisotopic (exact) mass is 356 g/mol. The molecule has 0 amide bonds. The zero-order chi connectivity index (χ0) is 18.4. The Bertz CT molecular complexity index is 1050. The topological polar surface area (TPSA) is 73.9 Å². The fourth-order valence-electron chi connectivity index (χ4n) is 2.27. The van der Waals surface area contributed by atoms with Gasteiger partial charge in [0.05, 0.1) is 11.1 Å². The third kappa shape index (κ3) is 4.05. The van der Waals surface area contributed by atoms with Crippen LogP contribution in [0.15, 0.2) is 66.1 Å². The number of rotatable bonds is 5. The van der Waals surface area contributed by atoms with Crippen molar-refractivity contribution in [2.24, 2.45) is 0 Å². The van der Waals surface area contributed by atoms with Crippen LogP contribution in [-0.4, -0.2) is 5.78 Å². The van der Waals surface area contributed by atoms with Gasteiger partial charge in [0.25, 0.3) is 0 Å². The smallest absolute Gasteiger partial charge is 0.186 e. The van der Waals surface area contributed by atoms with Crippen LogP contribution in [0.25, 0.3) is 6.08 Å². The van der Waals surface area contributed by atoms with Crippen molar-refractivity contribution in [2.45, 2.75) is 0 Å². The second-order valence-electron chi connectivity index (χ2n) is 5.27. The van der Waals surface area contributed by atoms with E-state index in [4.69, 9.17) is 15.3 Å². The summed E-state index contributed by atoms with van der Waals surface area (Å²) in [5.41, 5.74) is 1.04. The van der Waals surface area contributed by atoms with Crippen molar-refractivity contribution in [3.63, 3.8) is 0 Å². The summed E-state index contributed by atoms with van der Waals surface area (Å²) < 4.78 is 5.73. The van der Waals surface area contributed by atoms with E-state index in [-0.39, 0.29) is 11.3 Å². The lowest BCUT2D eigenvalue weighted by atomic mass is 10.1. The van der Waals surface area contributed by atoms with Crippen LogP contribution in [0.3, 0.4) is 0 Å². The molecule has 1 heterocycles. The Hall–Kier alpha value is -3.67. The first-order valence-corrected chi connectivity index (χ1v) is 8.55. The first-order valence-electron chi connectivity index (χ1n) is 7.67. The second-order valence-corrected chi connectivity index (χ2v) is 6.25. The van der Waals surface area contributed by atoms with Gasteiger partial charge in [-0.15, -0.1) is 11.3 Å². The Labute approximate surface area is 154 Å². The van der Waals surface area contributed by atoms with Gasteiger partial charge < -0.3 is 4.74 Å². The molecule has 0 fully saturated rings. The highest BCUT2D eigenvalue weighted by molar-refractivity contribution is 7.10. The van der Waals surface area contributed by atoms with Gasteiger partial charge in [0.1, 0.15) is 23.6 Å². The van der Waals surface area contributed by atoms with E-state index in [1.165, 1.54) is 18.2 Å². The molecule has 0 spiro atoms. The SMILES string of the molecule is N#Cc1ccc(Oc2cccc(C(=O)/C=C/c3cccs3)c2)cc1C#N. The molecule has 4 nitrogen and oxygen atoms in total. The summed E-state index contributed by atoms with van der Waals surface area (Å²) in [6.45, 7) is 0. The molecular formula is C21H12N2O2S. The average molecular weight is 356 g/mol. The van der Waals surface area contributed by atoms with Crippen LogP contribution in [-0.2, 0) is 0 Å². The molecule has 0 unspecified atom stereocenters. The van der Waals surface area contributed by atoms with Gasteiger partial charge in [0.2, 0.25) is 0 Å². The number of carbonyl (C=O) groups excluding carboxylic acids is 1. The number of thiophene rings is 1. The van der Waals surface area contributed by atoms with E-state index in [1.54, 1.807) is 47.7 Å². The second kappa shape index (κ2) is 7.94. The van der Waals surface area contributed by atoms with E-state index in [0.717, 1.165) is 4.88 Å². The maximum Gasteiger partial charge on any atom is 0.186 e. The van der Waals surface area contributed by atoms with Gasteiger partial charge in [-0.05, 0) is 53.9 Å². The van der Waals surface area contributed by atoms with Crippen molar-refractivity contribution < 1.29 is 9.53 Å².